The first-order valence-electron chi connectivity index (χ1n) is 4.15. The fraction of sp³-hybridized carbons (Fsp3) is 0.250. The second kappa shape index (κ2) is 5.49. The molecule has 0 aliphatic carbocycles. The molecule has 1 rings (SSSR count). The predicted molar refractivity (Wildman–Crippen MR) is 58.1 cm³/mol. The van der Waals surface area contributed by atoms with Gasteiger partial charge in [0.05, 0.1) is 5.88 Å². The van der Waals surface area contributed by atoms with Crippen molar-refractivity contribution in [2.24, 2.45) is 0 Å². The van der Waals surface area contributed by atoms with E-state index in [1.165, 1.54) is 0 Å². The van der Waals surface area contributed by atoms with Crippen molar-refractivity contribution in [3.8, 4) is 0 Å². The third kappa shape index (κ3) is 3.66. The molecule has 1 N–H and O–H groups in total. The zero-order valence-corrected chi connectivity index (χ0v) is 8.54. The highest BCUT2D eigenvalue weighted by Crippen LogP contribution is 1.99. The highest BCUT2D eigenvalue weighted by atomic mass is 35.5. The van der Waals surface area contributed by atoms with Crippen LogP contribution in [0, 0.1) is 0 Å². The molecule has 0 saturated carbocycles. The van der Waals surface area contributed by atoms with Gasteiger partial charge in [0.1, 0.15) is 20.3 Å². The Morgan fingerprint density at radius 3 is 3.00 bits per heavy atom. The van der Waals surface area contributed by atoms with E-state index in [9.17, 15) is 4.79 Å². The summed E-state index contributed by atoms with van der Waals surface area (Å²) in [5.41, 5.74) is 1.03. The lowest BCUT2D eigenvalue weighted by atomic mass is 9.99. The summed E-state index contributed by atoms with van der Waals surface area (Å²) >= 11 is 5.35. The number of aromatic nitrogens is 1. The van der Waals surface area contributed by atoms with Gasteiger partial charge in [-0.05, 0) is 6.07 Å². The van der Waals surface area contributed by atoms with E-state index >= 15 is 0 Å². The second-order valence-corrected chi connectivity index (χ2v) is 3.05. The maximum Gasteiger partial charge on any atom is 0.412 e. The van der Waals surface area contributed by atoms with E-state index < -0.39 is 6.09 Å². The van der Waals surface area contributed by atoms with Crippen LogP contribution in [0.15, 0.2) is 18.3 Å². The largest absolute Gasteiger partial charge is 0.448 e. The Bertz CT molecular complexity index is 305. The van der Waals surface area contributed by atoms with E-state index in [1.807, 2.05) is 13.9 Å². The molecule has 0 aliphatic rings. The summed E-state index contributed by atoms with van der Waals surface area (Å²) < 4.78 is 4.70. The Morgan fingerprint density at radius 1 is 1.64 bits per heavy atom. The highest BCUT2D eigenvalue weighted by molar-refractivity contribution is 6.32. The maximum atomic E-state index is 11.0. The summed E-state index contributed by atoms with van der Waals surface area (Å²) in [4.78, 5) is 15.0. The van der Waals surface area contributed by atoms with Crippen molar-refractivity contribution in [1.82, 2.24) is 4.98 Å². The SMILES string of the molecule is Bc1ccc(NC(=O)OCCCl)nc1. The number of carbonyl (C=O) groups is 1. The minimum Gasteiger partial charge on any atom is -0.448 e. The van der Waals surface area contributed by atoms with Gasteiger partial charge in [0.25, 0.3) is 0 Å². The normalized spacial score (nSPS) is 9.50. The monoisotopic (exact) mass is 212 g/mol. The number of pyridine rings is 1. The van der Waals surface area contributed by atoms with E-state index in [-0.39, 0.29) is 12.5 Å². The number of carbonyl (C=O) groups excluding carboxylic acids is 1. The highest BCUT2D eigenvalue weighted by Gasteiger charge is 2.02. The zero-order chi connectivity index (χ0) is 10.4. The molecule has 0 atom stereocenters. The molecule has 6 heteroatoms. The summed E-state index contributed by atoms with van der Waals surface area (Å²) in [5, 5.41) is 2.47. The van der Waals surface area contributed by atoms with E-state index in [2.05, 4.69) is 10.3 Å². The van der Waals surface area contributed by atoms with Gasteiger partial charge in [-0.25, -0.2) is 9.78 Å². The first kappa shape index (κ1) is 10.9. The van der Waals surface area contributed by atoms with Gasteiger partial charge in [-0.15, -0.1) is 11.6 Å². The van der Waals surface area contributed by atoms with Crippen molar-refractivity contribution < 1.29 is 9.53 Å². The molecule has 0 aliphatic heterocycles. The summed E-state index contributed by atoms with van der Waals surface area (Å²) in [6.45, 7) is 0.194. The van der Waals surface area contributed by atoms with Gasteiger partial charge in [-0.2, -0.15) is 0 Å². The fourth-order valence-electron chi connectivity index (χ4n) is 0.814. The number of rotatable bonds is 3. The molecule has 4 nitrogen and oxygen atoms in total. The van der Waals surface area contributed by atoms with Crippen LogP contribution in [0.4, 0.5) is 10.6 Å². The van der Waals surface area contributed by atoms with Crippen molar-refractivity contribution in [2.75, 3.05) is 17.8 Å². The lowest BCUT2D eigenvalue weighted by Crippen LogP contribution is -2.16. The zero-order valence-electron chi connectivity index (χ0n) is 7.79. The van der Waals surface area contributed by atoms with E-state index in [4.69, 9.17) is 16.3 Å². The topological polar surface area (TPSA) is 51.2 Å². The average molecular weight is 212 g/mol. The van der Waals surface area contributed by atoms with Crippen LogP contribution in [-0.2, 0) is 4.74 Å². The Morgan fingerprint density at radius 2 is 2.43 bits per heavy atom. The molecule has 74 valence electrons. The summed E-state index contributed by atoms with van der Waals surface area (Å²) in [7, 11) is 1.92. The minimum atomic E-state index is -0.540. The van der Waals surface area contributed by atoms with Crippen LogP contribution in [0.1, 0.15) is 0 Å². The number of anilines is 1. The molecule has 0 saturated heterocycles. The van der Waals surface area contributed by atoms with Crippen molar-refractivity contribution in [3.63, 3.8) is 0 Å². The quantitative estimate of drug-likeness (QED) is 0.572. The summed E-state index contributed by atoms with van der Waals surface area (Å²) in [6, 6.07) is 3.56. The smallest absolute Gasteiger partial charge is 0.412 e. The molecule has 0 spiro atoms. The Hall–Kier alpha value is -1.23. The van der Waals surface area contributed by atoms with Gasteiger partial charge in [-0.3, -0.25) is 5.32 Å². The van der Waals surface area contributed by atoms with Gasteiger partial charge in [0.2, 0.25) is 0 Å². The molecule has 0 aromatic carbocycles. The molecule has 0 radical (unpaired) electrons. The Balaban J connectivity index is 2.44. The van der Waals surface area contributed by atoms with Crippen molar-refractivity contribution in [1.29, 1.82) is 0 Å². The van der Waals surface area contributed by atoms with Crippen molar-refractivity contribution >= 4 is 36.8 Å². The molecule has 1 aromatic rings. The molecule has 0 bridgehead atoms. The number of amides is 1. The lowest BCUT2D eigenvalue weighted by molar-refractivity contribution is 0.168. The number of hydrogen-bond donors (Lipinski definition) is 1. The Kier molecular flexibility index (Phi) is 4.26. The van der Waals surface area contributed by atoms with Crippen LogP contribution in [0.5, 0.6) is 0 Å². The van der Waals surface area contributed by atoms with Crippen LogP contribution in [0.2, 0.25) is 0 Å². The first-order chi connectivity index (χ1) is 6.72. The number of halogens is 1. The molecule has 1 heterocycles. The Labute approximate surface area is 88.0 Å². The van der Waals surface area contributed by atoms with Crippen molar-refractivity contribution in [2.45, 2.75) is 0 Å². The fourth-order valence-corrected chi connectivity index (χ4v) is 0.891. The third-order valence-electron chi connectivity index (χ3n) is 1.45. The lowest BCUT2D eigenvalue weighted by Gasteiger charge is -2.04. The summed E-state index contributed by atoms with van der Waals surface area (Å²) in [6.07, 6.45) is 1.12. The van der Waals surface area contributed by atoms with Crippen LogP contribution in [0.3, 0.4) is 0 Å². The molecule has 1 amide bonds. The molecule has 14 heavy (non-hydrogen) atoms. The third-order valence-corrected chi connectivity index (χ3v) is 1.61. The number of alkyl halides is 1. The number of nitrogens with zero attached hydrogens (tertiary/aromatic N) is 1. The molecular formula is C8H10BClN2O2. The molecule has 0 unspecified atom stereocenters. The van der Waals surface area contributed by atoms with Gasteiger partial charge >= 0.3 is 6.09 Å². The van der Waals surface area contributed by atoms with Crippen LogP contribution in [0.25, 0.3) is 0 Å². The number of ether oxygens (including phenoxy) is 1. The number of hydrogen-bond acceptors (Lipinski definition) is 3. The van der Waals surface area contributed by atoms with Crippen LogP contribution >= 0.6 is 11.6 Å². The van der Waals surface area contributed by atoms with Crippen LogP contribution in [-0.4, -0.2) is 31.4 Å². The van der Waals surface area contributed by atoms with Gasteiger partial charge in [-0.1, -0.05) is 11.5 Å². The second-order valence-electron chi connectivity index (χ2n) is 2.67. The summed E-state index contributed by atoms with van der Waals surface area (Å²) in [5.74, 6) is 0.754. The molecule has 0 fully saturated rings. The maximum absolute atomic E-state index is 11.0. The van der Waals surface area contributed by atoms with Gasteiger partial charge < -0.3 is 4.74 Å². The van der Waals surface area contributed by atoms with Crippen LogP contribution < -0.4 is 10.8 Å². The van der Waals surface area contributed by atoms with Gasteiger partial charge in [0, 0.05) is 6.20 Å². The molecule has 1 aromatic heterocycles. The van der Waals surface area contributed by atoms with E-state index in [0.717, 1.165) is 5.46 Å². The standard InChI is InChI=1S/C8H10BClN2O2/c9-6-1-2-7(11-5-6)12-8(13)14-4-3-10/h1-2,5H,3-4,9H2,(H,11,12,13). The van der Waals surface area contributed by atoms with Gasteiger partial charge in [0.15, 0.2) is 0 Å². The number of nitrogens with one attached hydrogen (secondary N) is 1. The van der Waals surface area contributed by atoms with E-state index in [0.29, 0.717) is 5.82 Å². The predicted octanol–water partition coefficient (Wildman–Crippen LogP) is 0.127. The first-order valence-corrected chi connectivity index (χ1v) is 4.68. The van der Waals surface area contributed by atoms with Crippen molar-refractivity contribution in [3.05, 3.63) is 18.3 Å². The van der Waals surface area contributed by atoms with E-state index in [1.54, 1.807) is 12.3 Å². The average Bonchev–Trinajstić information content (AvgIpc) is 2.18. The minimum absolute atomic E-state index is 0.194. The molecular weight excluding hydrogens is 202 g/mol.